The maximum atomic E-state index is 11.3. The summed E-state index contributed by atoms with van der Waals surface area (Å²) in [6.45, 7) is 2.54. The number of hydrogen-bond acceptors (Lipinski definition) is 4. The number of rotatable bonds is 5. The molecule has 0 radical (unpaired) electrons. The van der Waals surface area contributed by atoms with E-state index in [1.165, 1.54) is 7.11 Å². The molecular formula is C11H16N2O2. The van der Waals surface area contributed by atoms with Crippen LogP contribution < -0.4 is 5.32 Å². The van der Waals surface area contributed by atoms with E-state index in [1.807, 2.05) is 19.1 Å². The van der Waals surface area contributed by atoms with Gasteiger partial charge in [0.2, 0.25) is 0 Å². The summed E-state index contributed by atoms with van der Waals surface area (Å²) in [5.41, 5.74) is 0.917. The van der Waals surface area contributed by atoms with Gasteiger partial charge in [-0.25, -0.2) is 0 Å². The fourth-order valence-electron chi connectivity index (χ4n) is 1.27. The Morgan fingerprint density at radius 3 is 3.00 bits per heavy atom. The van der Waals surface area contributed by atoms with E-state index in [0.29, 0.717) is 6.54 Å². The molecule has 0 aliphatic carbocycles. The molecule has 1 rings (SSSR count). The van der Waals surface area contributed by atoms with E-state index in [1.54, 1.807) is 12.4 Å². The van der Waals surface area contributed by atoms with Gasteiger partial charge >= 0.3 is 5.97 Å². The SMILES string of the molecule is CCC(CNc1cccnc1)C(=O)OC. The lowest BCUT2D eigenvalue weighted by Crippen LogP contribution is -2.23. The van der Waals surface area contributed by atoms with Crippen LogP contribution in [0.25, 0.3) is 0 Å². The normalized spacial score (nSPS) is 11.9. The maximum Gasteiger partial charge on any atom is 0.310 e. The zero-order valence-electron chi connectivity index (χ0n) is 9.06. The van der Waals surface area contributed by atoms with Gasteiger partial charge in [0.15, 0.2) is 0 Å². The largest absolute Gasteiger partial charge is 0.469 e. The highest BCUT2D eigenvalue weighted by Gasteiger charge is 2.16. The van der Waals surface area contributed by atoms with Crippen LogP contribution in [0.3, 0.4) is 0 Å². The van der Waals surface area contributed by atoms with E-state index >= 15 is 0 Å². The van der Waals surface area contributed by atoms with Crippen LogP contribution in [0.4, 0.5) is 5.69 Å². The molecular weight excluding hydrogens is 192 g/mol. The number of aromatic nitrogens is 1. The average molecular weight is 208 g/mol. The molecule has 0 aromatic carbocycles. The van der Waals surface area contributed by atoms with Crippen molar-refractivity contribution < 1.29 is 9.53 Å². The van der Waals surface area contributed by atoms with E-state index < -0.39 is 0 Å². The zero-order chi connectivity index (χ0) is 11.1. The van der Waals surface area contributed by atoms with E-state index in [2.05, 4.69) is 10.3 Å². The summed E-state index contributed by atoms with van der Waals surface area (Å²) in [6.07, 6.45) is 4.20. The first kappa shape index (κ1) is 11.5. The van der Waals surface area contributed by atoms with Gasteiger partial charge in [0.1, 0.15) is 0 Å². The third-order valence-electron chi connectivity index (χ3n) is 2.24. The van der Waals surface area contributed by atoms with Gasteiger partial charge in [0.25, 0.3) is 0 Å². The second kappa shape index (κ2) is 6.01. The Balaban J connectivity index is 2.44. The number of anilines is 1. The number of carbonyl (C=O) groups excluding carboxylic acids is 1. The summed E-state index contributed by atoms with van der Waals surface area (Å²) in [6, 6.07) is 3.76. The van der Waals surface area contributed by atoms with Gasteiger partial charge in [-0.1, -0.05) is 6.92 Å². The summed E-state index contributed by atoms with van der Waals surface area (Å²) < 4.78 is 4.70. The number of hydrogen-bond donors (Lipinski definition) is 1. The van der Waals surface area contributed by atoms with E-state index in [0.717, 1.165) is 12.1 Å². The van der Waals surface area contributed by atoms with Crippen molar-refractivity contribution in [2.24, 2.45) is 5.92 Å². The lowest BCUT2D eigenvalue weighted by Gasteiger charge is -2.13. The first-order valence-electron chi connectivity index (χ1n) is 4.99. The molecule has 0 amide bonds. The molecule has 0 saturated heterocycles. The molecule has 1 aromatic rings. The minimum Gasteiger partial charge on any atom is -0.469 e. The Labute approximate surface area is 89.7 Å². The Morgan fingerprint density at radius 2 is 2.47 bits per heavy atom. The van der Waals surface area contributed by atoms with Crippen molar-refractivity contribution in [1.82, 2.24) is 4.98 Å². The van der Waals surface area contributed by atoms with Crippen LogP contribution in [0.2, 0.25) is 0 Å². The van der Waals surface area contributed by atoms with E-state index in [-0.39, 0.29) is 11.9 Å². The van der Waals surface area contributed by atoms with Crippen molar-refractivity contribution >= 4 is 11.7 Å². The smallest absolute Gasteiger partial charge is 0.310 e. The van der Waals surface area contributed by atoms with Crippen LogP contribution in [0, 0.1) is 5.92 Å². The second-order valence-corrected chi connectivity index (χ2v) is 3.25. The van der Waals surface area contributed by atoms with Crippen LogP contribution in [0.1, 0.15) is 13.3 Å². The number of methoxy groups -OCH3 is 1. The molecule has 82 valence electrons. The van der Waals surface area contributed by atoms with Crippen molar-refractivity contribution in [3.05, 3.63) is 24.5 Å². The number of nitrogens with one attached hydrogen (secondary N) is 1. The second-order valence-electron chi connectivity index (χ2n) is 3.25. The highest BCUT2D eigenvalue weighted by atomic mass is 16.5. The molecule has 0 aliphatic rings. The molecule has 1 heterocycles. The highest BCUT2D eigenvalue weighted by molar-refractivity contribution is 5.72. The Bertz CT molecular complexity index is 301. The fraction of sp³-hybridized carbons (Fsp3) is 0.455. The van der Waals surface area contributed by atoms with E-state index in [9.17, 15) is 4.79 Å². The topological polar surface area (TPSA) is 51.2 Å². The Morgan fingerprint density at radius 1 is 1.67 bits per heavy atom. The Kier molecular flexibility index (Phi) is 4.60. The van der Waals surface area contributed by atoms with Crippen LogP contribution in [-0.2, 0) is 9.53 Å². The summed E-state index contributed by atoms with van der Waals surface area (Å²) in [7, 11) is 1.41. The van der Waals surface area contributed by atoms with Crippen LogP contribution in [0.5, 0.6) is 0 Å². The molecule has 0 fully saturated rings. The molecule has 4 heteroatoms. The number of ether oxygens (including phenoxy) is 1. The van der Waals surface area contributed by atoms with E-state index in [4.69, 9.17) is 4.74 Å². The third kappa shape index (κ3) is 3.58. The Hall–Kier alpha value is -1.58. The van der Waals surface area contributed by atoms with Crippen LogP contribution in [0.15, 0.2) is 24.5 Å². The first-order chi connectivity index (χ1) is 7.27. The maximum absolute atomic E-state index is 11.3. The van der Waals surface area contributed by atoms with Crippen molar-refractivity contribution in [3.8, 4) is 0 Å². The number of esters is 1. The quantitative estimate of drug-likeness (QED) is 0.748. The number of nitrogens with zero attached hydrogens (tertiary/aromatic N) is 1. The lowest BCUT2D eigenvalue weighted by atomic mass is 10.1. The van der Waals surface area contributed by atoms with Gasteiger partial charge in [-0.2, -0.15) is 0 Å². The predicted octanol–water partition coefficient (Wildman–Crippen LogP) is 1.69. The lowest BCUT2D eigenvalue weighted by molar-refractivity contribution is -0.145. The van der Waals surface area contributed by atoms with Gasteiger partial charge in [-0.15, -0.1) is 0 Å². The summed E-state index contributed by atoms with van der Waals surface area (Å²) in [5.74, 6) is -0.274. The molecule has 15 heavy (non-hydrogen) atoms. The average Bonchev–Trinajstić information content (AvgIpc) is 2.31. The predicted molar refractivity (Wildman–Crippen MR) is 58.5 cm³/mol. The van der Waals surface area contributed by atoms with Crippen LogP contribution in [-0.4, -0.2) is 24.6 Å². The molecule has 1 unspecified atom stereocenters. The zero-order valence-corrected chi connectivity index (χ0v) is 9.06. The fourth-order valence-corrected chi connectivity index (χ4v) is 1.27. The molecule has 0 spiro atoms. The van der Waals surface area contributed by atoms with Gasteiger partial charge < -0.3 is 10.1 Å². The molecule has 1 N–H and O–H groups in total. The standard InChI is InChI=1S/C11H16N2O2/c1-3-9(11(14)15-2)7-13-10-5-4-6-12-8-10/h4-6,8-9,13H,3,7H2,1-2H3. The van der Waals surface area contributed by atoms with Crippen molar-refractivity contribution in [1.29, 1.82) is 0 Å². The first-order valence-corrected chi connectivity index (χ1v) is 4.99. The molecule has 4 nitrogen and oxygen atoms in total. The molecule has 0 aliphatic heterocycles. The summed E-state index contributed by atoms with van der Waals surface area (Å²) >= 11 is 0. The molecule has 1 aromatic heterocycles. The van der Waals surface area contributed by atoms with Crippen molar-refractivity contribution in [2.75, 3.05) is 19.0 Å². The number of carbonyl (C=O) groups is 1. The molecule has 0 bridgehead atoms. The van der Waals surface area contributed by atoms with Gasteiger partial charge in [0, 0.05) is 18.9 Å². The van der Waals surface area contributed by atoms with Crippen molar-refractivity contribution in [2.45, 2.75) is 13.3 Å². The summed E-state index contributed by atoms with van der Waals surface area (Å²) in [5, 5.41) is 3.15. The van der Waals surface area contributed by atoms with Gasteiger partial charge in [-0.3, -0.25) is 9.78 Å². The minimum absolute atomic E-state index is 0.102. The molecule has 0 saturated carbocycles. The molecule has 1 atom stereocenters. The monoisotopic (exact) mass is 208 g/mol. The van der Waals surface area contributed by atoms with Crippen LogP contribution >= 0.6 is 0 Å². The minimum atomic E-state index is -0.172. The third-order valence-corrected chi connectivity index (χ3v) is 2.24. The number of pyridine rings is 1. The van der Waals surface area contributed by atoms with Gasteiger partial charge in [-0.05, 0) is 18.6 Å². The summed E-state index contributed by atoms with van der Waals surface area (Å²) in [4.78, 5) is 15.3. The van der Waals surface area contributed by atoms with Gasteiger partial charge in [0.05, 0.1) is 18.7 Å². The van der Waals surface area contributed by atoms with Crippen molar-refractivity contribution in [3.63, 3.8) is 0 Å². The highest BCUT2D eigenvalue weighted by Crippen LogP contribution is 2.08.